The van der Waals surface area contributed by atoms with Gasteiger partial charge in [-0.05, 0) is 90.4 Å². The molecule has 0 unspecified atom stereocenters. The second kappa shape index (κ2) is 9.57. The number of hydrogen-bond donors (Lipinski definition) is 2. The standard InChI is InChI=1S/C26H42O6/c1-8-15(2)23(29)31-22-21(28)20(27)17(4)30-24(22)32-25(5,6)18-11-13-26(7)12-9-10-16(3)19(26)14-18/h8,17-22,24,27-28H,3,9-14H2,1-2,4-7H3/b15-8-/t17-,18+,19-,20+,21-,22-,24+,26-/m0/s1. The molecule has 3 fully saturated rings. The smallest absolute Gasteiger partial charge is 0.333 e. The highest BCUT2D eigenvalue weighted by atomic mass is 16.7. The molecule has 1 saturated heterocycles. The second-order valence-electron chi connectivity index (χ2n) is 10.9. The summed E-state index contributed by atoms with van der Waals surface area (Å²) in [5, 5.41) is 21.0. The Morgan fingerprint density at radius 1 is 1.28 bits per heavy atom. The molecule has 32 heavy (non-hydrogen) atoms. The highest BCUT2D eigenvalue weighted by Crippen LogP contribution is 2.55. The normalized spacial score (nSPS) is 41.2. The van der Waals surface area contributed by atoms with E-state index in [-0.39, 0.29) is 5.92 Å². The van der Waals surface area contributed by atoms with E-state index in [2.05, 4.69) is 13.5 Å². The van der Waals surface area contributed by atoms with Crippen molar-refractivity contribution in [1.29, 1.82) is 0 Å². The molecular weight excluding hydrogens is 408 g/mol. The molecular formula is C26H42O6. The molecule has 2 N–H and O–H groups in total. The van der Waals surface area contributed by atoms with Gasteiger partial charge < -0.3 is 24.4 Å². The Bertz CT molecular complexity index is 743. The number of allylic oxidation sites excluding steroid dienone is 2. The van der Waals surface area contributed by atoms with Crippen LogP contribution in [0.4, 0.5) is 0 Å². The summed E-state index contributed by atoms with van der Waals surface area (Å²) in [6.07, 6.45) is 3.24. The molecule has 1 heterocycles. The maximum atomic E-state index is 12.4. The first-order chi connectivity index (χ1) is 14.9. The Kier molecular flexibility index (Phi) is 7.60. The Hall–Kier alpha value is -1.21. The zero-order valence-corrected chi connectivity index (χ0v) is 20.6. The first kappa shape index (κ1) is 25.4. The molecule has 0 aromatic heterocycles. The first-order valence-electron chi connectivity index (χ1n) is 12.1. The molecule has 2 saturated carbocycles. The van der Waals surface area contributed by atoms with Crippen molar-refractivity contribution in [2.75, 3.05) is 0 Å². The van der Waals surface area contributed by atoms with E-state index in [1.807, 2.05) is 13.8 Å². The summed E-state index contributed by atoms with van der Waals surface area (Å²) in [5.41, 5.74) is 1.53. The first-order valence-corrected chi connectivity index (χ1v) is 12.1. The van der Waals surface area contributed by atoms with Crippen LogP contribution < -0.4 is 0 Å². The van der Waals surface area contributed by atoms with E-state index in [1.54, 1.807) is 26.8 Å². The average Bonchev–Trinajstić information content (AvgIpc) is 2.73. The Morgan fingerprint density at radius 3 is 2.62 bits per heavy atom. The zero-order valence-electron chi connectivity index (χ0n) is 20.6. The van der Waals surface area contributed by atoms with Crippen molar-refractivity contribution in [2.45, 2.75) is 116 Å². The number of ether oxygens (including phenoxy) is 3. The molecule has 6 nitrogen and oxygen atoms in total. The van der Waals surface area contributed by atoms with Gasteiger partial charge in [0.05, 0.1) is 11.7 Å². The van der Waals surface area contributed by atoms with Gasteiger partial charge in [0.2, 0.25) is 0 Å². The number of hydrogen-bond acceptors (Lipinski definition) is 6. The number of rotatable bonds is 5. The minimum atomic E-state index is -1.29. The van der Waals surface area contributed by atoms with Crippen molar-refractivity contribution in [2.24, 2.45) is 17.3 Å². The highest BCUT2D eigenvalue weighted by molar-refractivity contribution is 5.87. The van der Waals surface area contributed by atoms with E-state index in [0.29, 0.717) is 16.9 Å². The fourth-order valence-electron chi connectivity index (χ4n) is 5.80. The zero-order chi connectivity index (χ0) is 23.8. The Labute approximate surface area is 193 Å². The van der Waals surface area contributed by atoms with Gasteiger partial charge in [-0.1, -0.05) is 25.2 Å². The van der Waals surface area contributed by atoms with Gasteiger partial charge in [-0.15, -0.1) is 0 Å². The average molecular weight is 451 g/mol. The second-order valence-corrected chi connectivity index (χ2v) is 10.9. The van der Waals surface area contributed by atoms with Gasteiger partial charge in [0.15, 0.2) is 12.4 Å². The van der Waals surface area contributed by atoms with E-state index in [4.69, 9.17) is 14.2 Å². The van der Waals surface area contributed by atoms with Crippen LogP contribution in [0.3, 0.4) is 0 Å². The molecule has 1 aliphatic heterocycles. The summed E-state index contributed by atoms with van der Waals surface area (Å²) in [6, 6.07) is 0. The molecule has 0 bridgehead atoms. The molecule has 0 aromatic rings. The summed E-state index contributed by atoms with van der Waals surface area (Å²) >= 11 is 0. The lowest BCUT2D eigenvalue weighted by Crippen LogP contribution is -2.61. The van der Waals surface area contributed by atoms with Crippen LogP contribution in [0.15, 0.2) is 23.8 Å². The fraction of sp³-hybridized carbons (Fsp3) is 0.808. The lowest BCUT2D eigenvalue weighted by molar-refractivity contribution is -0.325. The van der Waals surface area contributed by atoms with Crippen molar-refractivity contribution in [3.05, 3.63) is 23.8 Å². The van der Waals surface area contributed by atoms with Gasteiger partial charge in [-0.25, -0.2) is 4.79 Å². The van der Waals surface area contributed by atoms with Gasteiger partial charge >= 0.3 is 5.97 Å². The van der Waals surface area contributed by atoms with Crippen molar-refractivity contribution >= 4 is 5.97 Å². The lowest BCUT2D eigenvalue weighted by atomic mass is 9.55. The SMILES string of the molecule is C=C1CCC[C@@]2(C)CC[C@@H](C(C)(C)O[C@H]3O[C@@H](C)[C@@H](O)[C@H](O)[C@@H]3OC(=O)/C(C)=C\C)C[C@@H]12. The third-order valence-corrected chi connectivity index (χ3v) is 8.35. The molecule has 6 heteroatoms. The molecule has 3 rings (SSSR count). The van der Waals surface area contributed by atoms with Crippen molar-refractivity contribution in [3.8, 4) is 0 Å². The molecule has 3 aliphatic rings. The molecule has 182 valence electrons. The maximum absolute atomic E-state index is 12.4. The van der Waals surface area contributed by atoms with E-state index in [1.165, 1.54) is 18.4 Å². The van der Waals surface area contributed by atoms with Gasteiger partial charge in [-0.2, -0.15) is 0 Å². The minimum absolute atomic E-state index is 0.284. The summed E-state index contributed by atoms with van der Waals surface area (Å²) < 4.78 is 17.9. The summed E-state index contributed by atoms with van der Waals surface area (Å²) in [4.78, 5) is 12.4. The third-order valence-electron chi connectivity index (χ3n) is 8.35. The number of aliphatic hydroxyl groups is 2. The minimum Gasteiger partial charge on any atom is -0.451 e. The third kappa shape index (κ3) is 4.98. The highest BCUT2D eigenvalue weighted by Gasteiger charge is 2.51. The quantitative estimate of drug-likeness (QED) is 0.369. The predicted molar refractivity (Wildman–Crippen MR) is 123 cm³/mol. The van der Waals surface area contributed by atoms with Gasteiger partial charge in [0.1, 0.15) is 12.2 Å². The van der Waals surface area contributed by atoms with Crippen LogP contribution in [0.1, 0.15) is 80.1 Å². The lowest BCUT2D eigenvalue weighted by Gasteiger charge is -2.52. The molecule has 8 atom stereocenters. The number of aliphatic hydroxyl groups excluding tert-OH is 2. The predicted octanol–water partition coefficient (Wildman–Crippen LogP) is 4.29. The molecule has 0 radical (unpaired) electrons. The maximum Gasteiger partial charge on any atom is 0.333 e. The van der Waals surface area contributed by atoms with Crippen molar-refractivity contribution in [3.63, 3.8) is 0 Å². The van der Waals surface area contributed by atoms with E-state index >= 15 is 0 Å². The number of fused-ring (bicyclic) bond motifs is 1. The topological polar surface area (TPSA) is 85.2 Å². The van der Waals surface area contributed by atoms with Crippen LogP contribution in [-0.4, -0.2) is 52.5 Å². The molecule has 2 aliphatic carbocycles. The number of carbonyl (C=O) groups is 1. The Morgan fingerprint density at radius 2 is 1.97 bits per heavy atom. The van der Waals surface area contributed by atoms with Crippen molar-refractivity contribution < 1.29 is 29.2 Å². The number of carbonyl (C=O) groups excluding carboxylic acids is 1. The molecule has 0 aromatic carbocycles. The summed E-state index contributed by atoms with van der Waals surface area (Å²) in [6.45, 7) is 16.0. The van der Waals surface area contributed by atoms with Crippen LogP contribution >= 0.6 is 0 Å². The van der Waals surface area contributed by atoms with Crippen LogP contribution in [-0.2, 0) is 19.0 Å². The summed E-state index contributed by atoms with van der Waals surface area (Å²) in [5.74, 6) is 0.217. The van der Waals surface area contributed by atoms with Gasteiger partial charge in [0, 0.05) is 5.57 Å². The van der Waals surface area contributed by atoms with E-state index in [0.717, 1.165) is 25.7 Å². The van der Waals surface area contributed by atoms with Gasteiger partial charge in [0.25, 0.3) is 0 Å². The molecule has 0 amide bonds. The fourth-order valence-corrected chi connectivity index (χ4v) is 5.80. The van der Waals surface area contributed by atoms with Crippen LogP contribution in [0, 0.1) is 17.3 Å². The van der Waals surface area contributed by atoms with Crippen LogP contribution in [0.25, 0.3) is 0 Å². The van der Waals surface area contributed by atoms with E-state index < -0.39 is 42.3 Å². The Balaban J connectivity index is 1.77. The van der Waals surface area contributed by atoms with Crippen LogP contribution in [0.2, 0.25) is 0 Å². The molecule has 0 spiro atoms. The van der Waals surface area contributed by atoms with Gasteiger partial charge in [-0.3, -0.25) is 0 Å². The van der Waals surface area contributed by atoms with E-state index in [9.17, 15) is 15.0 Å². The largest absolute Gasteiger partial charge is 0.451 e. The monoisotopic (exact) mass is 450 g/mol. The van der Waals surface area contributed by atoms with Crippen LogP contribution in [0.5, 0.6) is 0 Å². The summed E-state index contributed by atoms with van der Waals surface area (Å²) in [7, 11) is 0. The number of esters is 1. The van der Waals surface area contributed by atoms with Crippen molar-refractivity contribution in [1.82, 2.24) is 0 Å².